The van der Waals surface area contributed by atoms with Crippen LogP contribution in [-0.4, -0.2) is 10.6 Å². The lowest BCUT2D eigenvalue weighted by atomic mass is 9.99. The van der Waals surface area contributed by atoms with Crippen LogP contribution in [0.5, 0.6) is 0 Å². The summed E-state index contributed by atoms with van der Waals surface area (Å²) < 4.78 is 4.49. The maximum Gasteiger partial charge on any atom is 0.269 e. The van der Waals surface area contributed by atoms with E-state index in [2.05, 4.69) is 4.40 Å². The molecule has 0 spiro atoms. The van der Waals surface area contributed by atoms with E-state index < -0.39 is 0 Å². The zero-order valence-corrected chi connectivity index (χ0v) is 10.3. The molecular weight excluding hydrogens is 236 g/mol. The van der Waals surface area contributed by atoms with E-state index in [1.54, 1.807) is 12.1 Å². The molecule has 1 aromatic carbocycles. The first kappa shape index (κ1) is 12.1. The number of hydrogen-bond donors (Lipinski definition) is 0. The fourth-order valence-corrected chi connectivity index (χ4v) is 2.47. The number of nitro benzene ring substituents is 1. The second-order valence-electron chi connectivity index (χ2n) is 4.06. The Hall–Kier alpha value is -1.36. The summed E-state index contributed by atoms with van der Waals surface area (Å²) in [7, 11) is 0. The number of hydrogen-bond acceptors (Lipinski definition) is 4. The molecule has 5 heteroatoms. The Bertz CT molecular complexity index is 421. The highest BCUT2D eigenvalue weighted by Gasteiger charge is 2.07. The van der Waals surface area contributed by atoms with Crippen LogP contribution in [0.15, 0.2) is 33.6 Å². The number of nitrogens with zero attached hydrogens (tertiary/aromatic N) is 2. The molecule has 0 amide bonds. The lowest BCUT2D eigenvalue weighted by Gasteiger charge is -2.11. The molecule has 0 N–H and O–H groups in total. The van der Waals surface area contributed by atoms with Crippen LogP contribution in [0.2, 0.25) is 0 Å². The molecule has 0 atom stereocenters. The first-order valence-electron chi connectivity index (χ1n) is 5.73. The molecular formula is C12H14N2O2S. The molecule has 1 fully saturated rings. The van der Waals surface area contributed by atoms with Gasteiger partial charge in [0.25, 0.3) is 5.69 Å². The van der Waals surface area contributed by atoms with Gasteiger partial charge >= 0.3 is 0 Å². The summed E-state index contributed by atoms with van der Waals surface area (Å²) in [5.41, 5.74) is 1.39. The van der Waals surface area contributed by atoms with Gasteiger partial charge in [0, 0.05) is 34.7 Å². The monoisotopic (exact) mass is 250 g/mol. The Balaban J connectivity index is 1.96. The standard InChI is InChI=1S/C12H14N2O2S/c15-14(16)11-6-8-12(9-7-11)17-13-10-4-2-1-3-5-10/h6-9H,1-5H2. The maximum atomic E-state index is 10.5. The number of nitro groups is 1. The Kier molecular flexibility index (Phi) is 4.14. The van der Waals surface area contributed by atoms with Crippen molar-refractivity contribution < 1.29 is 4.92 Å². The van der Waals surface area contributed by atoms with Crippen molar-refractivity contribution >= 4 is 23.3 Å². The SMILES string of the molecule is O=[N+]([O-])c1ccc(SN=C2CCCCC2)cc1. The average Bonchev–Trinajstić information content (AvgIpc) is 2.38. The van der Waals surface area contributed by atoms with Gasteiger partial charge in [0.05, 0.1) is 4.92 Å². The Morgan fingerprint density at radius 3 is 2.35 bits per heavy atom. The minimum Gasteiger partial charge on any atom is -0.258 e. The molecule has 0 aromatic heterocycles. The second kappa shape index (κ2) is 5.82. The first-order valence-corrected chi connectivity index (χ1v) is 6.50. The van der Waals surface area contributed by atoms with Gasteiger partial charge in [0.15, 0.2) is 0 Å². The van der Waals surface area contributed by atoms with Crippen LogP contribution in [0.4, 0.5) is 5.69 Å². The fourth-order valence-electron chi connectivity index (χ4n) is 1.80. The van der Waals surface area contributed by atoms with E-state index in [9.17, 15) is 10.1 Å². The predicted octanol–water partition coefficient (Wildman–Crippen LogP) is 4.01. The topological polar surface area (TPSA) is 55.5 Å². The predicted molar refractivity (Wildman–Crippen MR) is 69.5 cm³/mol. The van der Waals surface area contributed by atoms with Crippen LogP contribution >= 0.6 is 11.9 Å². The number of non-ortho nitro benzene ring substituents is 1. The second-order valence-corrected chi connectivity index (χ2v) is 4.90. The summed E-state index contributed by atoms with van der Waals surface area (Å²) in [6.07, 6.45) is 5.97. The van der Waals surface area contributed by atoms with Crippen molar-refractivity contribution in [1.29, 1.82) is 0 Å². The van der Waals surface area contributed by atoms with Crippen molar-refractivity contribution in [2.45, 2.75) is 37.0 Å². The number of rotatable bonds is 3. The van der Waals surface area contributed by atoms with Crippen LogP contribution in [0.25, 0.3) is 0 Å². The first-order chi connectivity index (χ1) is 8.25. The van der Waals surface area contributed by atoms with Gasteiger partial charge in [0.1, 0.15) is 0 Å². The molecule has 0 heterocycles. The molecule has 0 saturated heterocycles. The summed E-state index contributed by atoms with van der Waals surface area (Å²) in [6, 6.07) is 6.53. The summed E-state index contributed by atoms with van der Waals surface area (Å²) in [5, 5.41) is 10.5. The van der Waals surface area contributed by atoms with Gasteiger partial charge in [0.2, 0.25) is 0 Å². The molecule has 4 nitrogen and oxygen atoms in total. The highest BCUT2D eigenvalue weighted by Crippen LogP contribution is 2.25. The van der Waals surface area contributed by atoms with E-state index >= 15 is 0 Å². The molecule has 90 valence electrons. The van der Waals surface area contributed by atoms with Gasteiger partial charge in [-0.3, -0.25) is 10.1 Å². The summed E-state index contributed by atoms with van der Waals surface area (Å²) in [6.45, 7) is 0. The Morgan fingerprint density at radius 1 is 1.12 bits per heavy atom. The minimum absolute atomic E-state index is 0.125. The molecule has 0 unspecified atom stereocenters. The third-order valence-corrected chi connectivity index (χ3v) is 3.59. The van der Waals surface area contributed by atoms with E-state index in [1.165, 1.54) is 49.1 Å². The van der Waals surface area contributed by atoms with Crippen molar-refractivity contribution in [2.75, 3.05) is 0 Å². The largest absolute Gasteiger partial charge is 0.269 e. The summed E-state index contributed by atoms with van der Waals surface area (Å²) in [4.78, 5) is 11.1. The molecule has 0 bridgehead atoms. The molecule has 1 saturated carbocycles. The van der Waals surface area contributed by atoms with Gasteiger partial charge in [-0.25, -0.2) is 4.40 Å². The highest BCUT2D eigenvalue weighted by atomic mass is 32.2. The average molecular weight is 250 g/mol. The highest BCUT2D eigenvalue weighted by molar-refractivity contribution is 7.98. The van der Waals surface area contributed by atoms with Gasteiger partial charge in [-0.1, -0.05) is 6.42 Å². The van der Waals surface area contributed by atoms with Crippen LogP contribution in [-0.2, 0) is 0 Å². The third-order valence-electron chi connectivity index (χ3n) is 2.76. The molecule has 1 aliphatic rings. The van der Waals surface area contributed by atoms with E-state index in [-0.39, 0.29) is 10.6 Å². The van der Waals surface area contributed by atoms with E-state index in [4.69, 9.17) is 0 Å². The summed E-state index contributed by atoms with van der Waals surface area (Å²) >= 11 is 1.41. The maximum absolute atomic E-state index is 10.5. The van der Waals surface area contributed by atoms with Crippen molar-refractivity contribution in [3.63, 3.8) is 0 Å². The van der Waals surface area contributed by atoms with Crippen molar-refractivity contribution in [1.82, 2.24) is 0 Å². The van der Waals surface area contributed by atoms with Crippen LogP contribution in [0.3, 0.4) is 0 Å². The lowest BCUT2D eigenvalue weighted by Crippen LogP contribution is -2.03. The Morgan fingerprint density at radius 2 is 1.76 bits per heavy atom. The lowest BCUT2D eigenvalue weighted by molar-refractivity contribution is -0.384. The molecule has 17 heavy (non-hydrogen) atoms. The van der Waals surface area contributed by atoms with E-state index in [0.29, 0.717) is 0 Å². The zero-order chi connectivity index (χ0) is 12.1. The van der Waals surface area contributed by atoms with Gasteiger partial charge in [-0.05, 0) is 37.8 Å². The normalized spacial score (nSPS) is 15.6. The molecule has 0 radical (unpaired) electrons. The van der Waals surface area contributed by atoms with Crippen molar-refractivity contribution in [3.8, 4) is 0 Å². The van der Waals surface area contributed by atoms with E-state index in [1.807, 2.05) is 0 Å². The fraction of sp³-hybridized carbons (Fsp3) is 0.417. The molecule has 1 aromatic rings. The quantitative estimate of drug-likeness (QED) is 0.462. The summed E-state index contributed by atoms with van der Waals surface area (Å²) in [5.74, 6) is 0. The minimum atomic E-state index is -0.387. The van der Waals surface area contributed by atoms with Gasteiger partial charge < -0.3 is 0 Å². The molecule has 0 aliphatic heterocycles. The van der Waals surface area contributed by atoms with Gasteiger partial charge in [-0.2, -0.15) is 0 Å². The van der Waals surface area contributed by atoms with Crippen LogP contribution in [0, 0.1) is 10.1 Å². The molecule has 1 aliphatic carbocycles. The van der Waals surface area contributed by atoms with Crippen LogP contribution in [0.1, 0.15) is 32.1 Å². The van der Waals surface area contributed by atoms with Gasteiger partial charge in [-0.15, -0.1) is 0 Å². The van der Waals surface area contributed by atoms with Crippen molar-refractivity contribution in [3.05, 3.63) is 34.4 Å². The smallest absolute Gasteiger partial charge is 0.258 e. The van der Waals surface area contributed by atoms with Crippen LogP contribution < -0.4 is 0 Å². The van der Waals surface area contributed by atoms with E-state index in [0.717, 1.165) is 17.7 Å². The molecule has 2 rings (SSSR count). The number of benzene rings is 1. The Labute approximate surface area is 104 Å². The zero-order valence-electron chi connectivity index (χ0n) is 9.46. The van der Waals surface area contributed by atoms with Crippen molar-refractivity contribution in [2.24, 2.45) is 4.40 Å². The third kappa shape index (κ3) is 3.56.